The van der Waals surface area contributed by atoms with Gasteiger partial charge in [-0.15, -0.1) is 0 Å². The van der Waals surface area contributed by atoms with Crippen molar-refractivity contribution in [1.82, 2.24) is 33.9 Å². The fourth-order valence-electron chi connectivity index (χ4n) is 4.26. The van der Waals surface area contributed by atoms with Crippen molar-refractivity contribution in [3.63, 3.8) is 0 Å². The number of aryl methyl sites for hydroxylation is 1. The molecular formula is C23H27N7. The Kier molecular flexibility index (Phi) is 5.06. The van der Waals surface area contributed by atoms with Crippen LogP contribution in [0.1, 0.15) is 24.2 Å². The molecule has 1 atom stereocenters. The Bertz CT molecular complexity index is 1130. The summed E-state index contributed by atoms with van der Waals surface area (Å²) in [6.07, 6.45) is 10.0. The third-order valence-corrected chi connectivity index (χ3v) is 5.98. The Labute approximate surface area is 176 Å². The average Bonchev–Trinajstić information content (AvgIpc) is 3.42. The number of aromatic nitrogens is 5. The molecule has 0 aromatic carbocycles. The number of imidazole rings is 1. The van der Waals surface area contributed by atoms with Gasteiger partial charge in [0.2, 0.25) is 0 Å². The van der Waals surface area contributed by atoms with Gasteiger partial charge < -0.3 is 0 Å². The van der Waals surface area contributed by atoms with Gasteiger partial charge in [0, 0.05) is 68.6 Å². The highest BCUT2D eigenvalue weighted by Crippen LogP contribution is 2.27. The van der Waals surface area contributed by atoms with Crippen molar-refractivity contribution in [2.45, 2.75) is 26.1 Å². The van der Waals surface area contributed by atoms with E-state index < -0.39 is 0 Å². The smallest absolute Gasteiger partial charge is 0.137 e. The minimum absolute atomic E-state index is 0.269. The largest absolute Gasteiger partial charge is 0.299 e. The topological polar surface area (TPSA) is 54.5 Å². The van der Waals surface area contributed by atoms with Crippen LogP contribution in [-0.4, -0.2) is 60.6 Å². The van der Waals surface area contributed by atoms with Gasteiger partial charge in [-0.25, -0.2) is 4.98 Å². The third-order valence-electron chi connectivity index (χ3n) is 5.98. The standard InChI is InChI=1S/C23H27N7/c1-3-29-15-18(13-25-29)14-28-12-11-27(2)22(17-28)20-16-30-21(5-4-6-23(30)26-20)19-7-9-24-10-8-19/h4-10,13,15-16,22H,3,11-12,14,17H2,1-2H3. The molecule has 1 aliphatic rings. The van der Waals surface area contributed by atoms with E-state index in [2.05, 4.69) is 68.8 Å². The number of pyridine rings is 2. The summed E-state index contributed by atoms with van der Waals surface area (Å²) in [6.45, 7) is 7.00. The molecule has 154 valence electrons. The maximum atomic E-state index is 4.99. The van der Waals surface area contributed by atoms with Crippen LogP contribution in [0.25, 0.3) is 16.9 Å². The molecule has 7 nitrogen and oxygen atoms in total. The molecule has 5 heterocycles. The summed E-state index contributed by atoms with van der Waals surface area (Å²) in [6, 6.07) is 10.6. The molecule has 0 spiro atoms. The zero-order valence-electron chi connectivity index (χ0n) is 17.5. The fraction of sp³-hybridized carbons (Fsp3) is 0.348. The van der Waals surface area contributed by atoms with Gasteiger partial charge in [-0.2, -0.15) is 5.10 Å². The number of hydrogen-bond acceptors (Lipinski definition) is 5. The van der Waals surface area contributed by atoms with Crippen LogP contribution in [0, 0.1) is 0 Å². The van der Waals surface area contributed by atoms with Crippen molar-refractivity contribution in [1.29, 1.82) is 0 Å². The van der Waals surface area contributed by atoms with Gasteiger partial charge in [0.05, 0.1) is 23.6 Å². The summed E-state index contributed by atoms with van der Waals surface area (Å²) in [5.41, 5.74) is 5.65. The Morgan fingerprint density at radius 1 is 1.07 bits per heavy atom. The number of piperazine rings is 1. The number of likely N-dealkylation sites (N-methyl/N-ethyl adjacent to an activating group) is 1. The van der Waals surface area contributed by atoms with Gasteiger partial charge >= 0.3 is 0 Å². The van der Waals surface area contributed by atoms with E-state index in [1.54, 1.807) is 0 Å². The molecule has 0 radical (unpaired) electrons. The SMILES string of the molecule is CCn1cc(CN2CCN(C)C(c3cn4c(-c5ccncc5)cccc4n3)C2)cn1. The zero-order valence-corrected chi connectivity index (χ0v) is 17.5. The van der Waals surface area contributed by atoms with E-state index in [4.69, 9.17) is 4.98 Å². The van der Waals surface area contributed by atoms with Gasteiger partial charge in [-0.05, 0) is 38.2 Å². The highest BCUT2D eigenvalue weighted by atomic mass is 15.3. The molecule has 7 heteroatoms. The van der Waals surface area contributed by atoms with Crippen LogP contribution in [-0.2, 0) is 13.1 Å². The van der Waals surface area contributed by atoms with E-state index >= 15 is 0 Å². The fourth-order valence-corrected chi connectivity index (χ4v) is 4.26. The molecule has 0 saturated carbocycles. The van der Waals surface area contributed by atoms with Crippen LogP contribution in [0.3, 0.4) is 0 Å². The summed E-state index contributed by atoms with van der Waals surface area (Å²) in [7, 11) is 2.20. The molecule has 0 N–H and O–H groups in total. The van der Waals surface area contributed by atoms with Crippen molar-refractivity contribution in [3.8, 4) is 11.3 Å². The molecule has 0 bridgehead atoms. The van der Waals surface area contributed by atoms with Gasteiger partial charge in [0.25, 0.3) is 0 Å². The Hall–Kier alpha value is -3.03. The summed E-state index contributed by atoms with van der Waals surface area (Å²) in [5.74, 6) is 0. The highest BCUT2D eigenvalue weighted by Gasteiger charge is 2.28. The molecule has 1 fully saturated rings. The highest BCUT2D eigenvalue weighted by molar-refractivity contribution is 5.63. The lowest BCUT2D eigenvalue weighted by molar-refractivity contribution is 0.0885. The maximum Gasteiger partial charge on any atom is 0.137 e. The first-order valence-corrected chi connectivity index (χ1v) is 10.5. The monoisotopic (exact) mass is 401 g/mol. The Balaban J connectivity index is 1.42. The summed E-state index contributed by atoms with van der Waals surface area (Å²) in [4.78, 5) is 14.1. The Morgan fingerprint density at radius 2 is 1.93 bits per heavy atom. The average molecular weight is 402 g/mol. The summed E-state index contributed by atoms with van der Waals surface area (Å²) in [5, 5.41) is 4.42. The van der Waals surface area contributed by atoms with Crippen LogP contribution in [0.5, 0.6) is 0 Å². The Morgan fingerprint density at radius 3 is 2.73 bits per heavy atom. The second-order valence-corrected chi connectivity index (χ2v) is 7.98. The number of rotatable bonds is 5. The van der Waals surface area contributed by atoms with Crippen molar-refractivity contribution in [2.24, 2.45) is 0 Å². The molecule has 4 aromatic rings. The first-order valence-electron chi connectivity index (χ1n) is 10.5. The van der Waals surface area contributed by atoms with Crippen molar-refractivity contribution < 1.29 is 0 Å². The van der Waals surface area contributed by atoms with Crippen molar-refractivity contribution >= 4 is 5.65 Å². The van der Waals surface area contributed by atoms with E-state index in [1.165, 1.54) is 5.56 Å². The summed E-state index contributed by atoms with van der Waals surface area (Å²) >= 11 is 0. The van der Waals surface area contributed by atoms with Gasteiger partial charge in [-0.3, -0.25) is 23.9 Å². The van der Waals surface area contributed by atoms with Crippen LogP contribution in [0.15, 0.2) is 61.3 Å². The van der Waals surface area contributed by atoms with Gasteiger partial charge in [-0.1, -0.05) is 6.07 Å². The maximum absolute atomic E-state index is 4.99. The molecule has 4 aromatic heterocycles. The summed E-state index contributed by atoms with van der Waals surface area (Å²) < 4.78 is 4.19. The first kappa shape index (κ1) is 19.0. The van der Waals surface area contributed by atoms with E-state index in [0.717, 1.165) is 55.3 Å². The number of fused-ring (bicyclic) bond motifs is 1. The molecule has 0 aliphatic carbocycles. The molecule has 1 aliphatic heterocycles. The van der Waals surface area contributed by atoms with Crippen LogP contribution in [0.4, 0.5) is 0 Å². The van der Waals surface area contributed by atoms with E-state index in [-0.39, 0.29) is 6.04 Å². The molecule has 30 heavy (non-hydrogen) atoms. The second kappa shape index (κ2) is 8.01. The van der Waals surface area contributed by atoms with Gasteiger partial charge in [0.1, 0.15) is 5.65 Å². The minimum atomic E-state index is 0.269. The molecule has 1 unspecified atom stereocenters. The molecule has 0 amide bonds. The second-order valence-electron chi connectivity index (χ2n) is 7.98. The lowest BCUT2D eigenvalue weighted by atomic mass is 10.1. The predicted octanol–water partition coefficient (Wildman–Crippen LogP) is 3.10. The first-order chi connectivity index (χ1) is 14.7. The lowest BCUT2D eigenvalue weighted by Crippen LogP contribution is -2.46. The lowest BCUT2D eigenvalue weighted by Gasteiger charge is -2.38. The van der Waals surface area contributed by atoms with Crippen LogP contribution in [0.2, 0.25) is 0 Å². The van der Waals surface area contributed by atoms with Crippen molar-refractivity contribution in [2.75, 3.05) is 26.7 Å². The number of nitrogens with zero attached hydrogens (tertiary/aromatic N) is 7. The molecule has 1 saturated heterocycles. The molecular weight excluding hydrogens is 374 g/mol. The molecule has 5 rings (SSSR count). The normalized spacial score (nSPS) is 18.3. The zero-order chi connectivity index (χ0) is 20.5. The van der Waals surface area contributed by atoms with E-state index in [0.29, 0.717) is 0 Å². The van der Waals surface area contributed by atoms with Gasteiger partial charge in [0.15, 0.2) is 0 Å². The van der Waals surface area contributed by atoms with Crippen LogP contribution >= 0.6 is 0 Å². The van der Waals surface area contributed by atoms with Crippen molar-refractivity contribution in [3.05, 3.63) is 72.6 Å². The predicted molar refractivity (Wildman–Crippen MR) is 117 cm³/mol. The van der Waals surface area contributed by atoms with E-state index in [9.17, 15) is 0 Å². The van der Waals surface area contributed by atoms with Crippen LogP contribution < -0.4 is 0 Å². The quantitative estimate of drug-likeness (QED) is 0.514. The van der Waals surface area contributed by atoms with E-state index in [1.807, 2.05) is 35.4 Å². The third kappa shape index (κ3) is 3.62. The minimum Gasteiger partial charge on any atom is -0.299 e. The number of hydrogen-bond donors (Lipinski definition) is 0.